The topological polar surface area (TPSA) is 41.5 Å². The number of halogens is 4. The monoisotopic (exact) mass is 401 g/mol. The van der Waals surface area contributed by atoms with Crippen molar-refractivity contribution in [1.82, 2.24) is 5.32 Å². The molecule has 2 aromatic carbocycles. The van der Waals surface area contributed by atoms with Gasteiger partial charge in [-0.3, -0.25) is 0 Å². The molecule has 7 heteroatoms. The Bertz CT molecular complexity index is 739. The first-order valence-corrected chi connectivity index (χ1v) is 8.73. The van der Waals surface area contributed by atoms with Crippen molar-refractivity contribution in [2.45, 2.75) is 37.6 Å². The summed E-state index contributed by atoms with van der Waals surface area (Å²) in [7, 11) is 0. The Morgan fingerprint density at radius 2 is 1.93 bits per heavy atom. The number of fused-ring (bicyclic) bond motifs is 1. The molecule has 2 N–H and O–H groups in total. The smallest absolute Gasteiger partial charge is 0.416 e. The first-order chi connectivity index (χ1) is 12.4. The van der Waals surface area contributed by atoms with Crippen LogP contribution in [0.1, 0.15) is 35.6 Å². The predicted molar refractivity (Wildman–Crippen MR) is 100 cm³/mol. The first kappa shape index (κ1) is 21.5. The van der Waals surface area contributed by atoms with E-state index in [2.05, 4.69) is 17.4 Å². The summed E-state index contributed by atoms with van der Waals surface area (Å²) in [4.78, 5) is 0. The minimum atomic E-state index is -4.41. The second-order valence-corrected chi connectivity index (χ2v) is 6.54. The van der Waals surface area contributed by atoms with Crippen LogP contribution in [0.2, 0.25) is 0 Å². The molecule has 0 bridgehead atoms. The molecule has 0 aromatic heterocycles. The number of aryl methyl sites for hydroxylation is 1. The number of aliphatic hydroxyl groups excluding tert-OH is 1. The maximum Gasteiger partial charge on any atom is 0.416 e. The van der Waals surface area contributed by atoms with Gasteiger partial charge < -0.3 is 15.2 Å². The van der Waals surface area contributed by atoms with Crippen LogP contribution >= 0.6 is 12.4 Å². The lowest BCUT2D eigenvalue weighted by Gasteiger charge is -2.27. The summed E-state index contributed by atoms with van der Waals surface area (Å²) in [6.07, 6.45) is -2.06. The molecule has 0 amide bonds. The highest BCUT2D eigenvalue weighted by Gasteiger charge is 2.30. The lowest BCUT2D eigenvalue weighted by molar-refractivity contribution is -0.137. The van der Waals surface area contributed by atoms with Crippen molar-refractivity contribution in [3.05, 3.63) is 65.2 Å². The SMILES string of the molecule is Cl.OC(CNC1CCCc2ccccc21)COc1cccc(C(F)(F)F)c1. The number of hydrogen-bond donors (Lipinski definition) is 2. The van der Waals surface area contributed by atoms with Crippen molar-refractivity contribution >= 4 is 12.4 Å². The fraction of sp³-hybridized carbons (Fsp3) is 0.400. The fourth-order valence-electron chi connectivity index (χ4n) is 3.26. The molecule has 1 aliphatic rings. The molecular formula is C20H23ClF3NO2. The van der Waals surface area contributed by atoms with Crippen LogP contribution < -0.4 is 10.1 Å². The summed E-state index contributed by atoms with van der Waals surface area (Å²) in [6.45, 7) is 0.251. The van der Waals surface area contributed by atoms with E-state index in [1.807, 2.05) is 12.1 Å². The van der Waals surface area contributed by atoms with Gasteiger partial charge in [0.1, 0.15) is 18.5 Å². The van der Waals surface area contributed by atoms with Crippen LogP contribution in [0.3, 0.4) is 0 Å². The first-order valence-electron chi connectivity index (χ1n) is 8.73. The van der Waals surface area contributed by atoms with Crippen LogP contribution in [0, 0.1) is 0 Å². The van der Waals surface area contributed by atoms with E-state index < -0.39 is 17.8 Å². The Labute approximate surface area is 163 Å². The Hall–Kier alpha value is -1.76. The molecule has 148 valence electrons. The summed E-state index contributed by atoms with van der Waals surface area (Å²) >= 11 is 0. The van der Waals surface area contributed by atoms with Crippen molar-refractivity contribution in [3.63, 3.8) is 0 Å². The second kappa shape index (κ2) is 9.44. The average molecular weight is 402 g/mol. The minimum Gasteiger partial charge on any atom is -0.491 e. The van der Waals surface area contributed by atoms with Crippen LogP contribution in [-0.4, -0.2) is 24.4 Å². The molecule has 3 rings (SSSR count). The molecular weight excluding hydrogens is 379 g/mol. The highest BCUT2D eigenvalue weighted by Crippen LogP contribution is 2.31. The van der Waals surface area contributed by atoms with Gasteiger partial charge >= 0.3 is 6.18 Å². The van der Waals surface area contributed by atoms with E-state index in [1.165, 1.54) is 23.3 Å². The Balaban J connectivity index is 0.00000261. The molecule has 2 atom stereocenters. The Kier molecular flexibility index (Phi) is 7.53. The molecule has 0 saturated heterocycles. The van der Waals surface area contributed by atoms with Crippen molar-refractivity contribution in [3.8, 4) is 5.75 Å². The summed E-state index contributed by atoms with van der Waals surface area (Å²) in [6, 6.07) is 13.1. The zero-order valence-electron chi connectivity index (χ0n) is 14.7. The number of hydrogen-bond acceptors (Lipinski definition) is 3. The van der Waals surface area contributed by atoms with E-state index in [0.717, 1.165) is 31.4 Å². The third-order valence-electron chi connectivity index (χ3n) is 4.57. The molecule has 1 aliphatic carbocycles. The molecule has 0 heterocycles. The summed E-state index contributed by atoms with van der Waals surface area (Å²) in [5, 5.41) is 13.4. The molecule has 2 aromatic rings. The van der Waals surface area contributed by atoms with E-state index in [9.17, 15) is 18.3 Å². The average Bonchev–Trinajstić information content (AvgIpc) is 2.64. The molecule has 0 spiro atoms. The largest absolute Gasteiger partial charge is 0.491 e. The van der Waals surface area contributed by atoms with Gasteiger partial charge in [0, 0.05) is 12.6 Å². The van der Waals surface area contributed by atoms with Crippen molar-refractivity contribution in [2.75, 3.05) is 13.2 Å². The van der Waals surface area contributed by atoms with Crippen molar-refractivity contribution in [1.29, 1.82) is 0 Å². The van der Waals surface area contributed by atoms with Crippen molar-refractivity contribution in [2.24, 2.45) is 0 Å². The number of ether oxygens (including phenoxy) is 1. The normalized spacial score (nSPS) is 17.6. The van der Waals surface area contributed by atoms with Gasteiger partial charge in [0.25, 0.3) is 0 Å². The van der Waals surface area contributed by atoms with Crippen LogP contribution in [0.4, 0.5) is 13.2 Å². The number of rotatable bonds is 6. The van der Waals surface area contributed by atoms with Crippen LogP contribution in [0.25, 0.3) is 0 Å². The summed E-state index contributed by atoms with van der Waals surface area (Å²) < 4.78 is 43.4. The van der Waals surface area contributed by atoms with E-state index in [4.69, 9.17) is 4.74 Å². The number of aliphatic hydroxyl groups is 1. The molecule has 27 heavy (non-hydrogen) atoms. The quantitative estimate of drug-likeness (QED) is 0.747. The van der Waals surface area contributed by atoms with Crippen LogP contribution in [-0.2, 0) is 12.6 Å². The number of benzene rings is 2. The highest BCUT2D eigenvalue weighted by molar-refractivity contribution is 5.85. The lowest BCUT2D eigenvalue weighted by atomic mass is 9.88. The zero-order chi connectivity index (χ0) is 18.6. The Morgan fingerprint density at radius 1 is 1.15 bits per heavy atom. The maximum absolute atomic E-state index is 12.7. The van der Waals surface area contributed by atoms with Gasteiger partial charge in [0.15, 0.2) is 0 Å². The van der Waals surface area contributed by atoms with E-state index >= 15 is 0 Å². The van der Waals surface area contributed by atoms with Gasteiger partial charge in [-0.05, 0) is 48.6 Å². The van der Waals surface area contributed by atoms with Gasteiger partial charge in [0.2, 0.25) is 0 Å². The third-order valence-corrected chi connectivity index (χ3v) is 4.57. The molecule has 0 aliphatic heterocycles. The lowest BCUT2D eigenvalue weighted by Crippen LogP contribution is -2.35. The Morgan fingerprint density at radius 3 is 2.70 bits per heavy atom. The fourth-order valence-corrected chi connectivity index (χ4v) is 3.26. The zero-order valence-corrected chi connectivity index (χ0v) is 15.5. The number of nitrogens with one attached hydrogen (secondary N) is 1. The van der Waals surface area contributed by atoms with Gasteiger partial charge in [-0.2, -0.15) is 13.2 Å². The molecule has 2 unspecified atom stereocenters. The van der Waals surface area contributed by atoms with Crippen LogP contribution in [0.15, 0.2) is 48.5 Å². The highest BCUT2D eigenvalue weighted by atomic mass is 35.5. The van der Waals surface area contributed by atoms with Gasteiger partial charge in [-0.1, -0.05) is 30.3 Å². The van der Waals surface area contributed by atoms with Crippen molar-refractivity contribution < 1.29 is 23.0 Å². The summed E-state index contributed by atoms with van der Waals surface area (Å²) in [5.41, 5.74) is 1.82. The van der Waals surface area contributed by atoms with Gasteiger partial charge in [0.05, 0.1) is 5.56 Å². The standard InChI is InChI=1S/C20H22F3NO2.ClH/c21-20(22,23)15-7-4-8-17(11-15)26-13-16(25)12-24-19-10-3-6-14-5-1-2-9-18(14)19;/h1-2,4-5,7-9,11,16,19,24-25H,3,6,10,12-13H2;1H. The summed E-state index contributed by atoms with van der Waals surface area (Å²) in [5.74, 6) is 0.0990. The molecule has 3 nitrogen and oxygen atoms in total. The van der Waals surface area contributed by atoms with E-state index in [0.29, 0.717) is 6.54 Å². The molecule has 0 fully saturated rings. The van der Waals surface area contributed by atoms with Crippen LogP contribution in [0.5, 0.6) is 5.75 Å². The molecule has 0 radical (unpaired) electrons. The minimum absolute atomic E-state index is 0. The maximum atomic E-state index is 12.7. The van der Waals surface area contributed by atoms with E-state index in [1.54, 1.807) is 0 Å². The molecule has 0 saturated carbocycles. The second-order valence-electron chi connectivity index (χ2n) is 6.54. The number of alkyl halides is 3. The third kappa shape index (κ3) is 5.86. The predicted octanol–water partition coefficient (Wildman–Crippen LogP) is 4.53. The van der Waals surface area contributed by atoms with Gasteiger partial charge in [-0.25, -0.2) is 0 Å². The van der Waals surface area contributed by atoms with E-state index in [-0.39, 0.29) is 30.8 Å². The van der Waals surface area contributed by atoms with Gasteiger partial charge in [-0.15, -0.1) is 12.4 Å².